The first-order valence-corrected chi connectivity index (χ1v) is 8.76. The summed E-state index contributed by atoms with van der Waals surface area (Å²) in [6, 6.07) is -0.00865. The van der Waals surface area contributed by atoms with Crippen LogP contribution in [0.4, 0.5) is 0 Å². The Bertz CT molecular complexity index is 357. The molecule has 0 aromatic heterocycles. The zero-order chi connectivity index (χ0) is 14.5. The predicted molar refractivity (Wildman–Crippen MR) is 78.9 cm³/mol. The van der Waals surface area contributed by atoms with Crippen LogP contribution in [0.2, 0.25) is 0 Å². The van der Waals surface area contributed by atoms with Crippen molar-refractivity contribution in [3.8, 4) is 0 Å². The molecule has 1 rings (SSSR count). The zero-order valence-electron chi connectivity index (χ0n) is 12.4. The molecule has 3 N–H and O–H groups in total. The summed E-state index contributed by atoms with van der Waals surface area (Å²) in [6.45, 7) is 7.97. The van der Waals surface area contributed by atoms with Crippen LogP contribution in [0.1, 0.15) is 46.5 Å². The fourth-order valence-electron chi connectivity index (χ4n) is 2.41. The smallest absolute Gasteiger partial charge is 0.279 e. The summed E-state index contributed by atoms with van der Waals surface area (Å²) in [4.78, 5) is 0. The molecule has 0 radical (unpaired) electrons. The van der Waals surface area contributed by atoms with E-state index < -0.39 is 10.2 Å². The molecule has 2 atom stereocenters. The largest absolute Gasteiger partial charge is 0.330 e. The van der Waals surface area contributed by atoms with E-state index in [0.717, 1.165) is 25.7 Å². The van der Waals surface area contributed by atoms with E-state index in [1.165, 1.54) is 0 Å². The van der Waals surface area contributed by atoms with E-state index in [1.54, 1.807) is 4.31 Å². The van der Waals surface area contributed by atoms with E-state index in [9.17, 15) is 8.42 Å². The number of rotatable bonds is 7. The van der Waals surface area contributed by atoms with Gasteiger partial charge in [0.2, 0.25) is 0 Å². The Balaban J connectivity index is 2.50. The molecular weight excluding hydrogens is 262 g/mol. The van der Waals surface area contributed by atoms with Crippen LogP contribution in [-0.4, -0.2) is 38.4 Å². The van der Waals surface area contributed by atoms with Crippen LogP contribution >= 0.6 is 0 Å². The van der Waals surface area contributed by atoms with Gasteiger partial charge in [-0.15, -0.1) is 0 Å². The van der Waals surface area contributed by atoms with E-state index in [0.29, 0.717) is 31.5 Å². The average molecular weight is 291 g/mol. The van der Waals surface area contributed by atoms with Crippen LogP contribution in [0.25, 0.3) is 0 Å². The lowest BCUT2D eigenvalue weighted by Crippen LogP contribution is -2.49. The van der Waals surface area contributed by atoms with E-state index in [4.69, 9.17) is 5.73 Å². The maximum absolute atomic E-state index is 12.3. The number of hydrogen-bond donors (Lipinski definition) is 2. The summed E-state index contributed by atoms with van der Waals surface area (Å²) in [5.41, 5.74) is 5.65. The van der Waals surface area contributed by atoms with Crippen molar-refractivity contribution in [3.05, 3.63) is 0 Å². The van der Waals surface area contributed by atoms with Gasteiger partial charge in [-0.05, 0) is 51.0 Å². The van der Waals surface area contributed by atoms with E-state index in [2.05, 4.69) is 18.6 Å². The first-order valence-electron chi connectivity index (χ1n) is 7.32. The van der Waals surface area contributed by atoms with Crippen molar-refractivity contribution in [1.82, 2.24) is 9.03 Å². The fraction of sp³-hybridized carbons (Fsp3) is 1.00. The van der Waals surface area contributed by atoms with Gasteiger partial charge >= 0.3 is 0 Å². The van der Waals surface area contributed by atoms with Crippen molar-refractivity contribution in [2.24, 2.45) is 17.6 Å². The molecule has 1 heterocycles. The van der Waals surface area contributed by atoms with Gasteiger partial charge in [-0.2, -0.15) is 17.4 Å². The van der Waals surface area contributed by atoms with Gasteiger partial charge in [0.1, 0.15) is 0 Å². The topological polar surface area (TPSA) is 75.4 Å². The number of piperidine rings is 1. The molecule has 0 saturated carbocycles. The Morgan fingerprint density at radius 2 is 2.00 bits per heavy atom. The highest BCUT2D eigenvalue weighted by atomic mass is 32.2. The molecule has 1 aliphatic rings. The van der Waals surface area contributed by atoms with Crippen molar-refractivity contribution >= 4 is 10.2 Å². The SMILES string of the molecule is CC(C)CCC(C)NS(=O)(=O)N1CCCC(CN)C1. The van der Waals surface area contributed by atoms with Gasteiger partial charge < -0.3 is 5.73 Å². The van der Waals surface area contributed by atoms with Gasteiger partial charge in [0.15, 0.2) is 0 Å². The molecule has 0 aromatic rings. The van der Waals surface area contributed by atoms with Gasteiger partial charge in [-0.3, -0.25) is 0 Å². The summed E-state index contributed by atoms with van der Waals surface area (Å²) in [5, 5.41) is 0. The highest BCUT2D eigenvalue weighted by Gasteiger charge is 2.29. The molecule has 0 aromatic carbocycles. The first kappa shape index (κ1) is 16.9. The van der Waals surface area contributed by atoms with Crippen LogP contribution in [0.5, 0.6) is 0 Å². The summed E-state index contributed by atoms with van der Waals surface area (Å²) in [5.74, 6) is 0.903. The predicted octanol–water partition coefficient (Wildman–Crippen LogP) is 1.32. The molecule has 1 saturated heterocycles. The minimum Gasteiger partial charge on any atom is -0.330 e. The van der Waals surface area contributed by atoms with E-state index in [1.807, 2.05) is 6.92 Å². The number of nitrogens with one attached hydrogen (secondary N) is 1. The van der Waals surface area contributed by atoms with Crippen LogP contribution < -0.4 is 10.5 Å². The Morgan fingerprint density at radius 1 is 1.32 bits per heavy atom. The summed E-state index contributed by atoms with van der Waals surface area (Å²) >= 11 is 0. The van der Waals surface area contributed by atoms with Gasteiger partial charge in [0.05, 0.1) is 0 Å². The quantitative estimate of drug-likeness (QED) is 0.743. The molecule has 6 heteroatoms. The van der Waals surface area contributed by atoms with Gasteiger partial charge in [-0.25, -0.2) is 0 Å². The Kier molecular flexibility index (Phi) is 6.73. The second-order valence-electron chi connectivity index (χ2n) is 6.10. The third-order valence-electron chi connectivity index (χ3n) is 3.68. The highest BCUT2D eigenvalue weighted by Crippen LogP contribution is 2.18. The average Bonchev–Trinajstić information content (AvgIpc) is 2.36. The molecule has 114 valence electrons. The second kappa shape index (κ2) is 7.57. The molecule has 19 heavy (non-hydrogen) atoms. The fourth-order valence-corrected chi connectivity index (χ4v) is 3.96. The van der Waals surface area contributed by atoms with Crippen LogP contribution in [0, 0.1) is 11.8 Å². The van der Waals surface area contributed by atoms with Gasteiger partial charge in [-0.1, -0.05) is 13.8 Å². The second-order valence-corrected chi connectivity index (χ2v) is 7.80. The van der Waals surface area contributed by atoms with Crippen molar-refractivity contribution in [3.63, 3.8) is 0 Å². The minimum absolute atomic E-state index is 0.00865. The van der Waals surface area contributed by atoms with Gasteiger partial charge in [0.25, 0.3) is 10.2 Å². The normalized spacial score (nSPS) is 23.7. The molecule has 0 aliphatic carbocycles. The molecule has 1 fully saturated rings. The molecule has 0 amide bonds. The lowest BCUT2D eigenvalue weighted by atomic mass is 10.0. The van der Waals surface area contributed by atoms with Crippen LogP contribution in [0.15, 0.2) is 0 Å². The number of hydrogen-bond acceptors (Lipinski definition) is 3. The van der Waals surface area contributed by atoms with Crippen molar-refractivity contribution < 1.29 is 8.42 Å². The Morgan fingerprint density at radius 3 is 2.58 bits per heavy atom. The summed E-state index contributed by atoms with van der Waals surface area (Å²) in [7, 11) is -3.35. The van der Waals surface area contributed by atoms with Gasteiger partial charge in [0, 0.05) is 19.1 Å². The molecular formula is C13H29N3O2S. The van der Waals surface area contributed by atoms with Crippen molar-refractivity contribution in [2.45, 2.75) is 52.5 Å². The van der Waals surface area contributed by atoms with Crippen molar-refractivity contribution in [1.29, 1.82) is 0 Å². The number of nitrogens with zero attached hydrogens (tertiary/aromatic N) is 1. The van der Waals surface area contributed by atoms with Crippen molar-refractivity contribution in [2.75, 3.05) is 19.6 Å². The van der Waals surface area contributed by atoms with Crippen LogP contribution in [0.3, 0.4) is 0 Å². The lowest BCUT2D eigenvalue weighted by molar-refractivity contribution is 0.267. The highest BCUT2D eigenvalue weighted by molar-refractivity contribution is 7.87. The standard InChI is InChI=1S/C13H29N3O2S/c1-11(2)6-7-12(3)15-19(17,18)16-8-4-5-13(9-14)10-16/h11-13,15H,4-10,14H2,1-3H3. The van der Waals surface area contributed by atoms with Crippen LogP contribution in [-0.2, 0) is 10.2 Å². The first-order chi connectivity index (χ1) is 8.85. The minimum atomic E-state index is -3.35. The monoisotopic (exact) mass is 291 g/mol. The Hall–Kier alpha value is -0.170. The molecule has 0 spiro atoms. The molecule has 5 nitrogen and oxygen atoms in total. The maximum atomic E-state index is 12.3. The third kappa shape index (κ3) is 5.77. The maximum Gasteiger partial charge on any atom is 0.279 e. The number of nitrogens with two attached hydrogens (primary N) is 1. The summed E-state index contributed by atoms with van der Waals surface area (Å²) < 4.78 is 28.9. The molecule has 2 unspecified atom stereocenters. The molecule has 1 aliphatic heterocycles. The lowest BCUT2D eigenvalue weighted by Gasteiger charge is -2.32. The Labute approximate surface area is 118 Å². The zero-order valence-corrected chi connectivity index (χ0v) is 13.2. The molecule has 0 bridgehead atoms. The summed E-state index contributed by atoms with van der Waals surface area (Å²) in [6.07, 6.45) is 3.86. The third-order valence-corrected chi connectivity index (χ3v) is 5.39. The van der Waals surface area contributed by atoms with E-state index >= 15 is 0 Å². The van der Waals surface area contributed by atoms with E-state index in [-0.39, 0.29) is 6.04 Å².